The van der Waals surface area contributed by atoms with Crippen LogP contribution in [-0.4, -0.2) is 24.6 Å². The summed E-state index contributed by atoms with van der Waals surface area (Å²) in [5.74, 6) is -0.584. The molecule has 2 aromatic rings. The zero-order chi connectivity index (χ0) is 20.7. The maximum Gasteiger partial charge on any atom is 0.347 e. The summed E-state index contributed by atoms with van der Waals surface area (Å²) >= 11 is 0. The molecule has 0 aliphatic heterocycles. The Morgan fingerprint density at radius 2 is 1.75 bits per heavy atom. The number of ether oxygens (including phenoxy) is 2. The number of aryl methyl sites for hydroxylation is 2. The van der Waals surface area contributed by atoms with Gasteiger partial charge in [-0.2, -0.15) is 5.26 Å². The van der Waals surface area contributed by atoms with Gasteiger partial charge < -0.3 is 14.8 Å². The van der Waals surface area contributed by atoms with Crippen LogP contribution in [-0.2, 0) is 14.3 Å². The van der Waals surface area contributed by atoms with Crippen LogP contribution in [0.4, 0.5) is 0 Å². The fourth-order valence-electron chi connectivity index (χ4n) is 2.51. The number of carbonyl (C=O) groups is 2. The zero-order valence-electron chi connectivity index (χ0n) is 16.5. The number of rotatable bonds is 7. The molecule has 28 heavy (non-hydrogen) atoms. The number of amides is 1. The molecule has 1 amide bonds. The van der Waals surface area contributed by atoms with Gasteiger partial charge in [0.1, 0.15) is 5.75 Å². The minimum absolute atomic E-state index is 0.196. The second-order valence-corrected chi connectivity index (χ2v) is 6.64. The van der Waals surface area contributed by atoms with E-state index < -0.39 is 12.1 Å². The largest absolute Gasteiger partial charge is 0.479 e. The molecule has 0 aromatic heterocycles. The van der Waals surface area contributed by atoms with Crippen molar-refractivity contribution in [1.29, 1.82) is 5.26 Å². The van der Waals surface area contributed by atoms with Crippen molar-refractivity contribution in [3.63, 3.8) is 0 Å². The molecule has 146 valence electrons. The number of hydrogen-bond donors (Lipinski definition) is 1. The van der Waals surface area contributed by atoms with Crippen LogP contribution in [0.15, 0.2) is 42.5 Å². The first-order valence-corrected chi connectivity index (χ1v) is 9.00. The maximum atomic E-state index is 12.1. The van der Waals surface area contributed by atoms with Crippen LogP contribution in [0.25, 0.3) is 0 Å². The first-order chi connectivity index (χ1) is 13.3. The zero-order valence-corrected chi connectivity index (χ0v) is 16.5. The molecule has 1 N–H and O–H groups in total. The predicted molar refractivity (Wildman–Crippen MR) is 105 cm³/mol. The van der Waals surface area contributed by atoms with Gasteiger partial charge in [0.05, 0.1) is 17.7 Å². The summed E-state index contributed by atoms with van der Waals surface area (Å²) in [4.78, 5) is 24.1. The lowest BCUT2D eigenvalue weighted by atomic mass is 10.0. The van der Waals surface area contributed by atoms with E-state index in [0.29, 0.717) is 11.3 Å². The third kappa shape index (κ3) is 5.85. The summed E-state index contributed by atoms with van der Waals surface area (Å²) in [6, 6.07) is 14.2. The van der Waals surface area contributed by atoms with Crippen LogP contribution in [0, 0.1) is 25.2 Å². The minimum Gasteiger partial charge on any atom is -0.479 e. The number of benzene rings is 2. The molecule has 0 saturated heterocycles. The third-order valence-electron chi connectivity index (χ3n) is 4.38. The van der Waals surface area contributed by atoms with Crippen LogP contribution in [0.3, 0.4) is 0 Å². The lowest BCUT2D eigenvalue weighted by Crippen LogP contribution is -2.34. The highest BCUT2D eigenvalue weighted by Gasteiger charge is 2.19. The van der Waals surface area contributed by atoms with Gasteiger partial charge in [-0.25, -0.2) is 4.79 Å². The number of nitrogens with one attached hydrogen (secondary N) is 1. The SMILES string of the molecule is Cc1ccc([C@H](C)NC(=O)COC(=O)[C@H](C)Oc2ccc(C#N)cc2)cc1C. The average molecular weight is 380 g/mol. The van der Waals surface area contributed by atoms with Gasteiger partial charge in [0, 0.05) is 0 Å². The minimum atomic E-state index is -0.877. The maximum absolute atomic E-state index is 12.1. The fourth-order valence-corrected chi connectivity index (χ4v) is 2.51. The van der Waals surface area contributed by atoms with E-state index in [1.807, 2.05) is 45.0 Å². The second kappa shape index (κ2) is 9.56. The van der Waals surface area contributed by atoms with E-state index in [1.54, 1.807) is 24.3 Å². The topological polar surface area (TPSA) is 88.4 Å². The van der Waals surface area contributed by atoms with Crippen molar-refractivity contribution in [3.8, 4) is 11.8 Å². The molecule has 0 radical (unpaired) electrons. The molecule has 2 aromatic carbocycles. The molecule has 0 heterocycles. The van der Waals surface area contributed by atoms with E-state index in [-0.39, 0.29) is 18.6 Å². The summed E-state index contributed by atoms with van der Waals surface area (Å²) in [6.07, 6.45) is -0.877. The molecule has 0 saturated carbocycles. The van der Waals surface area contributed by atoms with E-state index in [1.165, 1.54) is 12.5 Å². The van der Waals surface area contributed by atoms with E-state index >= 15 is 0 Å². The number of hydrogen-bond acceptors (Lipinski definition) is 5. The average Bonchev–Trinajstić information content (AvgIpc) is 2.68. The van der Waals surface area contributed by atoms with Crippen LogP contribution >= 0.6 is 0 Å². The van der Waals surface area contributed by atoms with Gasteiger partial charge in [0.2, 0.25) is 0 Å². The quantitative estimate of drug-likeness (QED) is 0.744. The van der Waals surface area contributed by atoms with E-state index in [2.05, 4.69) is 5.32 Å². The van der Waals surface area contributed by atoms with Crippen LogP contribution in [0.2, 0.25) is 0 Å². The Morgan fingerprint density at radius 3 is 2.36 bits per heavy atom. The molecule has 6 nitrogen and oxygen atoms in total. The number of nitrogens with zero attached hydrogens (tertiary/aromatic N) is 1. The van der Waals surface area contributed by atoms with Gasteiger partial charge in [-0.15, -0.1) is 0 Å². The monoisotopic (exact) mass is 380 g/mol. The first kappa shape index (κ1) is 21.0. The highest BCUT2D eigenvalue weighted by atomic mass is 16.6. The highest BCUT2D eigenvalue weighted by molar-refractivity contribution is 5.82. The van der Waals surface area contributed by atoms with Crippen molar-refractivity contribution < 1.29 is 19.1 Å². The summed E-state index contributed by atoms with van der Waals surface area (Å²) < 4.78 is 10.5. The molecule has 0 aliphatic rings. The van der Waals surface area contributed by atoms with Gasteiger partial charge in [0.25, 0.3) is 5.91 Å². The molecular formula is C22H24N2O4. The summed E-state index contributed by atoms with van der Waals surface area (Å²) in [6.45, 7) is 7.08. The smallest absolute Gasteiger partial charge is 0.347 e. The lowest BCUT2D eigenvalue weighted by Gasteiger charge is -2.17. The molecule has 6 heteroatoms. The molecule has 0 fully saturated rings. The van der Waals surface area contributed by atoms with Crippen molar-refractivity contribution in [1.82, 2.24) is 5.32 Å². The van der Waals surface area contributed by atoms with Crippen LogP contribution in [0.1, 0.15) is 42.1 Å². The van der Waals surface area contributed by atoms with Crippen molar-refractivity contribution >= 4 is 11.9 Å². The Morgan fingerprint density at radius 1 is 1.07 bits per heavy atom. The number of carbonyl (C=O) groups excluding carboxylic acids is 2. The van der Waals surface area contributed by atoms with Gasteiger partial charge >= 0.3 is 5.97 Å². The van der Waals surface area contributed by atoms with Gasteiger partial charge in [-0.1, -0.05) is 18.2 Å². The van der Waals surface area contributed by atoms with Crippen molar-refractivity contribution in [2.24, 2.45) is 0 Å². The summed E-state index contributed by atoms with van der Waals surface area (Å²) in [5, 5.41) is 11.6. The Kier molecular flexibility index (Phi) is 7.16. The standard InChI is InChI=1S/C22H24N2O4/c1-14-5-8-19(11-15(14)2)16(3)24-21(25)13-27-22(26)17(4)28-20-9-6-18(12-23)7-10-20/h5-11,16-17H,13H2,1-4H3,(H,24,25)/t16-,17-/m0/s1. The molecule has 0 aliphatic carbocycles. The lowest BCUT2D eigenvalue weighted by molar-refractivity contribution is -0.154. The number of nitriles is 1. The van der Waals surface area contributed by atoms with Gasteiger partial charge in [-0.3, -0.25) is 4.79 Å². The second-order valence-electron chi connectivity index (χ2n) is 6.64. The molecule has 2 atom stereocenters. The fraction of sp³-hybridized carbons (Fsp3) is 0.318. The van der Waals surface area contributed by atoms with E-state index in [9.17, 15) is 9.59 Å². The van der Waals surface area contributed by atoms with Gasteiger partial charge in [-0.05, 0) is 68.7 Å². The van der Waals surface area contributed by atoms with Crippen molar-refractivity contribution in [3.05, 3.63) is 64.7 Å². The molecule has 0 spiro atoms. The van der Waals surface area contributed by atoms with Crippen LogP contribution in [0.5, 0.6) is 5.75 Å². The molecule has 0 unspecified atom stereocenters. The predicted octanol–water partition coefficient (Wildman–Crippen LogP) is 3.36. The molecule has 0 bridgehead atoms. The highest BCUT2D eigenvalue weighted by Crippen LogP contribution is 2.17. The van der Waals surface area contributed by atoms with Crippen molar-refractivity contribution in [2.45, 2.75) is 39.8 Å². The van der Waals surface area contributed by atoms with Gasteiger partial charge in [0.15, 0.2) is 12.7 Å². The van der Waals surface area contributed by atoms with E-state index in [4.69, 9.17) is 14.7 Å². The summed E-state index contributed by atoms with van der Waals surface area (Å²) in [7, 11) is 0. The number of esters is 1. The third-order valence-corrected chi connectivity index (χ3v) is 4.38. The van der Waals surface area contributed by atoms with Crippen molar-refractivity contribution in [2.75, 3.05) is 6.61 Å². The molecule has 2 rings (SSSR count). The van der Waals surface area contributed by atoms with E-state index in [0.717, 1.165) is 11.1 Å². The Labute approximate surface area is 165 Å². The normalized spacial score (nSPS) is 12.4. The Balaban J connectivity index is 1.81. The Hall–Kier alpha value is -3.33. The van der Waals surface area contributed by atoms with Crippen LogP contribution < -0.4 is 10.1 Å². The molecular weight excluding hydrogens is 356 g/mol. The Bertz CT molecular complexity index is 884. The first-order valence-electron chi connectivity index (χ1n) is 9.00. The summed E-state index contributed by atoms with van der Waals surface area (Å²) in [5.41, 5.74) is 3.82.